The molecule has 7 heteroatoms. The molecule has 0 spiro atoms. The van der Waals surface area contributed by atoms with Crippen molar-refractivity contribution in [2.75, 3.05) is 0 Å². The van der Waals surface area contributed by atoms with E-state index in [0.717, 1.165) is 17.3 Å². The molecule has 0 aliphatic heterocycles. The summed E-state index contributed by atoms with van der Waals surface area (Å²) in [6.07, 6.45) is 0. The fraction of sp³-hybridized carbons (Fsp3) is 0.308. The lowest BCUT2D eigenvalue weighted by Crippen LogP contribution is -2.05. The molecular weight excluding hydrogens is 265 g/mol. The van der Waals surface area contributed by atoms with E-state index >= 15 is 0 Å². The molecule has 1 aromatic carbocycles. The summed E-state index contributed by atoms with van der Waals surface area (Å²) in [5.74, 6) is -0.655. The van der Waals surface area contributed by atoms with Gasteiger partial charge in [0.05, 0.1) is 29.8 Å². The van der Waals surface area contributed by atoms with Crippen LogP contribution in [-0.2, 0) is 13.2 Å². The molecule has 2 aromatic rings. The fourth-order valence-electron chi connectivity index (χ4n) is 2.12. The largest absolute Gasteiger partial charge is 0.392 e. The number of hydrogen-bond donors (Lipinski definition) is 1. The lowest BCUT2D eigenvalue weighted by atomic mass is 10.2. The first-order valence-corrected chi connectivity index (χ1v) is 6.00. The molecular formula is C13H14FN3O3. The van der Waals surface area contributed by atoms with Crippen LogP contribution in [0.4, 0.5) is 10.1 Å². The molecule has 1 aromatic heterocycles. The predicted octanol–water partition coefficient (Wildman–Crippen LogP) is 2.09. The van der Waals surface area contributed by atoms with Gasteiger partial charge in [-0.1, -0.05) is 0 Å². The van der Waals surface area contributed by atoms with Crippen molar-refractivity contribution in [3.05, 3.63) is 56.6 Å². The van der Waals surface area contributed by atoms with Crippen LogP contribution in [0, 0.1) is 29.8 Å². The molecule has 0 atom stereocenters. The lowest BCUT2D eigenvalue weighted by Gasteiger charge is -2.05. The van der Waals surface area contributed by atoms with E-state index in [-0.39, 0.29) is 18.8 Å². The summed E-state index contributed by atoms with van der Waals surface area (Å²) in [5, 5.41) is 24.2. The Morgan fingerprint density at radius 1 is 1.40 bits per heavy atom. The van der Waals surface area contributed by atoms with Crippen LogP contribution < -0.4 is 0 Å². The minimum atomic E-state index is -0.655. The van der Waals surface area contributed by atoms with Gasteiger partial charge in [0.15, 0.2) is 0 Å². The summed E-state index contributed by atoms with van der Waals surface area (Å²) < 4.78 is 15.0. The number of nitro groups is 1. The van der Waals surface area contributed by atoms with Crippen LogP contribution in [0.5, 0.6) is 0 Å². The zero-order valence-corrected chi connectivity index (χ0v) is 11.1. The maximum atomic E-state index is 13.4. The smallest absolute Gasteiger partial charge is 0.272 e. The highest BCUT2D eigenvalue weighted by Gasteiger charge is 2.14. The van der Waals surface area contributed by atoms with Gasteiger partial charge in [0.1, 0.15) is 5.82 Å². The van der Waals surface area contributed by atoms with E-state index < -0.39 is 10.7 Å². The van der Waals surface area contributed by atoms with Crippen LogP contribution in [0.1, 0.15) is 22.5 Å². The quantitative estimate of drug-likeness (QED) is 0.686. The Morgan fingerprint density at radius 3 is 2.65 bits per heavy atom. The summed E-state index contributed by atoms with van der Waals surface area (Å²) in [5.41, 5.74) is 2.33. The van der Waals surface area contributed by atoms with Gasteiger partial charge >= 0.3 is 0 Å². The van der Waals surface area contributed by atoms with Gasteiger partial charge in [0.25, 0.3) is 5.69 Å². The van der Waals surface area contributed by atoms with Crippen molar-refractivity contribution in [3.63, 3.8) is 0 Å². The molecule has 0 saturated heterocycles. The third-order valence-corrected chi connectivity index (χ3v) is 3.17. The van der Waals surface area contributed by atoms with Gasteiger partial charge in [-0.2, -0.15) is 5.10 Å². The molecule has 0 bridgehead atoms. The Balaban J connectivity index is 2.37. The van der Waals surface area contributed by atoms with Gasteiger partial charge in [-0.25, -0.2) is 4.39 Å². The second kappa shape index (κ2) is 5.38. The predicted molar refractivity (Wildman–Crippen MR) is 69.8 cm³/mol. The number of non-ortho nitro benzene ring substituents is 1. The first kappa shape index (κ1) is 14.1. The van der Waals surface area contributed by atoms with Gasteiger partial charge in [-0.05, 0) is 25.5 Å². The Hall–Kier alpha value is -2.28. The zero-order valence-electron chi connectivity index (χ0n) is 11.1. The van der Waals surface area contributed by atoms with Gasteiger partial charge in [0, 0.05) is 17.3 Å². The molecule has 0 radical (unpaired) electrons. The Bertz CT molecular complexity index is 667. The molecule has 0 aliphatic rings. The van der Waals surface area contributed by atoms with Crippen molar-refractivity contribution in [2.24, 2.45) is 0 Å². The van der Waals surface area contributed by atoms with E-state index in [1.54, 1.807) is 18.5 Å². The third-order valence-electron chi connectivity index (χ3n) is 3.17. The van der Waals surface area contributed by atoms with E-state index in [0.29, 0.717) is 11.3 Å². The summed E-state index contributed by atoms with van der Waals surface area (Å²) in [6.45, 7) is 3.65. The van der Waals surface area contributed by atoms with E-state index in [1.807, 2.05) is 0 Å². The van der Waals surface area contributed by atoms with Gasteiger partial charge in [-0.3, -0.25) is 14.8 Å². The second-order valence-corrected chi connectivity index (χ2v) is 4.54. The summed E-state index contributed by atoms with van der Waals surface area (Å²) in [7, 11) is 0. The van der Waals surface area contributed by atoms with E-state index in [4.69, 9.17) is 0 Å². The molecule has 0 fully saturated rings. The first-order valence-electron chi connectivity index (χ1n) is 6.00. The van der Waals surface area contributed by atoms with E-state index in [9.17, 15) is 19.6 Å². The SMILES string of the molecule is Cc1nn(Cc2cc(F)cc([N+](=O)[O-])c2)c(C)c1CO. The zero-order chi connectivity index (χ0) is 14.9. The Labute approximate surface area is 114 Å². The van der Waals surface area contributed by atoms with Crippen molar-refractivity contribution in [3.8, 4) is 0 Å². The highest BCUT2D eigenvalue weighted by molar-refractivity contribution is 5.35. The number of aryl methyl sites for hydroxylation is 1. The molecule has 0 saturated carbocycles. The van der Waals surface area contributed by atoms with Crippen molar-refractivity contribution >= 4 is 5.69 Å². The maximum absolute atomic E-state index is 13.4. The van der Waals surface area contributed by atoms with Crippen molar-refractivity contribution in [2.45, 2.75) is 27.0 Å². The normalized spacial score (nSPS) is 10.8. The number of benzene rings is 1. The second-order valence-electron chi connectivity index (χ2n) is 4.54. The molecule has 0 aliphatic carbocycles. The lowest BCUT2D eigenvalue weighted by molar-refractivity contribution is -0.385. The molecule has 1 heterocycles. The van der Waals surface area contributed by atoms with Crippen LogP contribution in [0.25, 0.3) is 0 Å². The van der Waals surface area contributed by atoms with Gasteiger partial charge in [0.2, 0.25) is 0 Å². The molecule has 106 valence electrons. The molecule has 1 N–H and O–H groups in total. The molecule has 6 nitrogen and oxygen atoms in total. The number of rotatable bonds is 4. The van der Waals surface area contributed by atoms with Gasteiger partial charge < -0.3 is 5.11 Å². The minimum absolute atomic E-state index is 0.124. The molecule has 20 heavy (non-hydrogen) atoms. The summed E-state index contributed by atoms with van der Waals surface area (Å²) in [4.78, 5) is 10.1. The summed E-state index contributed by atoms with van der Waals surface area (Å²) in [6, 6.07) is 3.43. The van der Waals surface area contributed by atoms with Crippen LogP contribution in [0.2, 0.25) is 0 Å². The van der Waals surface area contributed by atoms with Gasteiger partial charge in [-0.15, -0.1) is 0 Å². The monoisotopic (exact) mass is 279 g/mol. The molecule has 2 rings (SSSR count). The Morgan fingerprint density at radius 2 is 2.10 bits per heavy atom. The molecule has 0 amide bonds. The first-order chi connectivity index (χ1) is 9.42. The fourth-order valence-corrected chi connectivity index (χ4v) is 2.12. The number of aliphatic hydroxyl groups is 1. The third kappa shape index (κ3) is 2.67. The van der Waals surface area contributed by atoms with Crippen LogP contribution >= 0.6 is 0 Å². The van der Waals surface area contributed by atoms with E-state index in [2.05, 4.69) is 5.10 Å². The van der Waals surface area contributed by atoms with Crippen LogP contribution in [0.3, 0.4) is 0 Å². The van der Waals surface area contributed by atoms with Crippen LogP contribution in [-0.4, -0.2) is 19.8 Å². The summed E-state index contributed by atoms with van der Waals surface area (Å²) >= 11 is 0. The topological polar surface area (TPSA) is 81.2 Å². The van der Waals surface area contributed by atoms with Crippen LogP contribution in [0.15, 0.2) is 18.2 Å². The highest BCUT2D eigenvalue weighted by Crippen LogP contribution is 2.19. The highest BCUT2D eigenvalue weighted by atomic mass is 19.1. The van der Waals surface area contributed by atoms with Crippen molar-refractivity contribution < 1.29 is 14.4 Å². The number of aliphatic hydroxyl groups excluding tert-OH is 1. The van der Waals surface area contributed by atoms with E-state index in [1.165, 1.54) is 12.1 Å². The standard InChI is InChI=1S/C13H14FN3O3/c1-8-13(7-18)9(2)16(15-8)6-10-3-11(14)5-12(4-10)17(19)20/h3-5,18H,6-7H2,1-2H3. The number of nitro benzene ring substituents is 1. The number of hydrogen-bond acceptors (Lipinski definition) is 4. The Kier molecular flexibility index (Phi) is 3.80. The maximum Gasteiger partial charge on any atom is 0.272 e. The number of nitrogens with zero attached hydrogens (tertiary/aromatic N) is 3. The van der Waals surface area contributed by atoms with Crippen molar-refractivity contribution in [1.29, 1.82) is 0 Å². The average Bonchev–Trinajstić information content (AvgIpc) is 2.63. The van der Waals surface area contributed by atoms with Crippen molar-refractivity contribution in [1.82, 2.24) is 9.78 Å². The molecule has 0 unspecified atom stereocenters. The number of halogens is 1. The average molecular weight is 279 g/mol. The minimum Gasteiger partial charge on any atom is -0.392 e. The number of aromatic nitrogens is 2.